The summed E-state index contributed by atoms with van der Waals surface area (Å²) in [6, 6.07) is 12.5. The van der Waals surface area contributed by atoms with Crippen LogP contribution in [0, 0.1) is 13.8 Å². The molecule has 0 bridgehead atoms. The summed E-state index contributed by atoms with van der Waals surface area (Å²) >= 11 is 5.84. The molecule has 0 unspecified atom stereocenters. The van der Waals surface area contributed by atoms with Gasteiger partial charge in [0.15, 0.2) is 0 Å². The lowest BCUT2D eigenvalue weighted by Gasteiger charge is -2.06. The summed E-state index contributed by atoms with van der Waals surface area (Å²) in [5.74, 6) is -1.62. The van der Waals surface area contributed by atoms with Crippen LogP contribution in [0.3, 0.4) is 0 Å². The first-order valence-corrected chi connectivity index (χ1v) is 7.30. The van der Waals surface area contributed by atoms with E-state index in [4.69, 9.17) is 11.6 Å². The number of benzene rings is 2. The number of hydrazone groups is 1. The third-order valence-electron chi connectivity index (χ3n) is 2.91. The number of rotatable bonds is 3. The number of hydrogen-bond acceptors (Lipinski definition) is 3. The molecule has 0 radical (unpaired) electrons. The molecule has 0 fully saturated rings. The third-order valence-corrected chi connectivity index (χ3v) is 3.15. The minimum Gasteiger partial charge on any atom is -0.318 e. The van der Waals surface area contributed by atoms with E-state index >= 15 is 0 Å². The van der Waals surface area contributed by atoms with Gasteiger partial charge in [0.2, 0.25) is 0 Å². The molecule has 5 nitrogen and oxygen atoms in total. The number of halogens is 1. The van der Waals surface area contributed by atoms with Crippen molar-refractivity contribution in [2.45, 2.75) is 13.8 Å². The van der Waals surface area contributed by atoms with E-state index in [0.717, 1.165) is 11.1 Å². The van der Waals surface area contributed by atoms with Crippen LogP contribution in [0.4, 0.5) is 5.69 Å². The lowest BCUT2D eigenvalue weighted by Crippen LogP contribution is -2.32. The van der Waals surface area contributed by atoms with Crippen molar-refractivity contribution in [2.75, 3.05) is 5.32 Å². The third kappa shape index (κ3) is 5.23. The van der Waals surface area contributed by atoms with Gasteiger partial charge in [-0.1, -0.05) is 29.8 Å². The largest absolute Gasteiger partial charge is 0.329 e. The monoisotopic (exact) mass is 329 g/mol. The van der Waals surface area contributed by atoms with Crippen LogP contribution in [0.5, 0.6) is 0 Å². The smallest absolute Gasteiger partial charge is 0.318 e. The molecule has 0 aliphatic carbocycles. The Morgan fingerprint density at radius 3 is 2.39 bits per heavy atom. The number of hydrogen-bond donors (Lipinski definition) is 2. The van der Waals surface area contributed by atoms with Crippen LogP contribution in [0.15, 0.2) is 47.6 Å². The van der Waals surface area contributed by atoms with Gasteiger partial charge in [0.05, 0.1) is 6.21 Å². The van der Waals surface area contributed by atoms with Crippen LogP contribution in [0.1, 0.15) is 16.7 Å². The second-order valence-corrected chi connectivity index (χ2v) is 5.52. The second-order valence-electron chi connectivity index (χ2n) is 5.08. The Balaban J connectivity index is 1.93. The fourth-order valence-corrected chi connectivity index (χ4v) is 2.24. The molecule has 2 rings (SSSR count). The van der Waals surface area contributed by atoms with Gasteiger partial charge in [0.25, 0.3) is 0 Å². The minimum absolute atomic E-state index is 0.563. The Hall–Kier alpha value is -2.66. The average Bonchev–Trinajstić information content (AvgIpc) is 2.46. The number of carbonyl (C=O) groups excluding carboxylic acids is 2. The lowest BCUT2D eigenvalue weighted by molar-refractivity contribution is -0.136. The first-order chi connectivity index (χ1) is 10.9. The molecule has 23 heavy (non-hydrogen) atoms. The summed E-state index contributed by atoms with van der Waals surface area (Å²) in [4.78, 5) is 23.5. The van der Waals surface area contributed by atoms with Crippen molar-refractivity contribution in [1.29, 1.82) is 0 Å². The molecule has 0 saturated carbocycles. The summed E-state index contributed by atoms with van der Waals surface area (Å²) in [5.41, 5.74) is 5.46. The standard InChI is InChI=1S/C17H16ClN3O2/c1-11-6-12(2)8-15(7-11)20-16(22)17(23)21-19-10-13-4-3-5-14(18)9-13/h3-10H,1-2H3,(H,20,22)(H,21,23)/b19-10-. The molecule has 0 aromatic heterocycles. The van der Waals surface area contributed by atoms with Crippen LogP contribution in [0.2, 0.25) is 5.02 Å². The number of nitrogens with zero attached hydrogens (tertiary/aromatic N) is 1. The molecule has 2 amide bonds. The number of amides is 2. The van der Waals surface area contributed by atoms with Gasteiger partial charge in [-0.15, -0.1) is 0 Å². The molecule has 6 heteroatoms. The van der Waals surface area contributed by atoms with Crippen LogP contribution in [-0.4, -0.2) is 18.0 Å². The van der Waals surface area contributed by atoms with Gasteiger partial charge >= 0.3 is 11.8 Å². The normalized spacial score (nSPS) is 10.6. The predicted octanol–water partition coefficient (Wildman–Crippen LogP) is 3.05. The highest BCUT2D eigenvalue weighted by molar-refractivity contribution is 6.39. The van der Waals surface area contributed by atoms with Gasteiger partial charge < -0.3 is 5.32 Å². The van der Waals surface area contributed by atoms with Crippen molar-refractivity contribution in [3.63, 3.8) is 0 Å². The van der Waals surface area contributed by atoms with Crippen molar-refractivity contribution >= 4 is 35.3 Å². The van der Waals surface area contributed by atoms with Crippen LogP contribution in [-0.2, 0) is 9.59 Å². The van der Waals surface area contributed by atoms with E-state index in [-0.39, 0.29) is 0 Å². The number of carbonyl (C=O) groups is 2. The van der Waals surface area contributed by atoms with E-state index < -0.39 is 11.8 Å². The zero-order valence-corrected chi connectivity index (χ0v) is 13.5. The number of aryl methyl sites for hydroxylation is 2. The molecule has 0 atom stereocenters. The lowest BCUT2D eigenvalue weighted by atomic mass is 10.1. The minimum atomic E-state index is -0.845. The van der Waals surface area contributed by atoms with E-state index in [1.807, 2.05) is 19.9 Å². The zero-order valence-electron chi connectivity index (χ0n) is 12.8. The highest BCUT2D eigenvalue weighted by Gasteiger charge is 2.13. The molecule has 2 aromatic carbocycles. The molecule has 0 saturated heterocycles. The summed E-state index contributed by atoms with van der Waals surface area (Å²) in [5, 5.41) is 6.83. The second kappa shape index (κ2) is 7.56. The summed E-state index contributed by atoms with van der Waals surface area (Å²) in [6.45, 7) is 3.83. The quantitative estimate of drug-likeness (QED) is 0.516. The van der Waals surface area contributed by atoms with E-state index in [1.54, 1.807) is 36.4 Å². The Bertz CT molecular complexity index is 752. The molecule has 0 aliphatic rings. The summed E-state index contributed by atoms with van der Waals surface area (Å²) in [6.07, 6.45) is 1.41. The molecule has 0 aliphatic heterocycles. The fourth-order valence-electron chi connectivity index (χ4n) is 2.04. The van der Waals surface area contributed by atoms with Gasteiger partial charge in [0, 0.05) is 10.7 Å². The molecule has 0 heterocycles. The SMILES string of the molecule is Cc1cc(C)cc(NC(=O)C(=O)N/N=C\c2cccc(Cl)c2)c1. The van der Waals surface area contributed by atoms with Crippen LogP contribution >= 0.6 is 11.6 Å². The molecular weight excluding hydrogens is 314 g/mol. The maximum atomic E-state index is 11.8. The number of anilines is 1. The van der Waals surface area contributed by atoms with Crippen molar-refractivity contribution < 1.29 is 9.59 Å². The van der Waals surface area contributed by atoms with Crippen molar-refractivity contribution in [2.24, 2.45) is 5.10 Å². The Morgan fingerprint density at radius 1 is 1.04 bits per heavy atom. The first-order valence-electron chi connectivity index (χ1n) is 6.92. The van der Waals surface area contributed by atoms with Gasteiger partial charge in [-0.3, -0.25) is 9.59 Å². The average molecular weight is 330 g/mol. The fraction of sp³-hybridized carbons (Fsp3) is 0.118. The molecular formula is C17H16ClN3O2. The Kier molecular flexibility index (Phi) is 5.49. The van der Waals surface area contributed by atoms with E-state index in [0.29, 0.717) is 16.3 Å². The molecule has 2 aromatic rings. The summed E-state index contributed by atoms with van der Waals surface area (Å²) < 4.78 is 0. The predicted molar refractivity (Wildman–Crippen MR) is 91.7 cm³/mol. The van der Waals surface area contributed by atoms with Crippen LogP contribution < -0.4 is 10.7 Å². The van der Waals surface area contributed by atoms with E-state index in [9.17, 15) is 9.59 Å². The zero-order chi connectivity index (χ0) is 16.8. The van der Waals surface area contributed by atoms with Gasteiger partial charge in [0.1, 0.15) is 0 Å². The Morgan fingerprint density at radius 2 is 1.74 bits per heavy atom. The highest BCUT2D eigenvalue weighted by atomic mass is 35.5. The maximum absolute atomic E-state index is 11.8. The first kappa shape index (κ1) is 16.7. The Labute approximate surface area is 139 Å². The summed E-state index contributed by atoms with van der Waals surface area (Å²) in [7, 11) is 0. The van der Waals surface area contributed by atoms with E-state index in [1.165, 1.54) is 6.21 Å². The van der Waals surface area contributed by atoms with Gasteiger partial charge in [-0.05, 0) is 54.8 Å². The van der Waals surface area contributed by atoms with E-state index in [2.05, 4.69) is 15.8 Å². The van der Waals surface area contributed by atoms with Crippen molar-refractivity contribution in [1.82, 2.24) is 5.43 Å². The molecule has 2 N–H and O–H groups in total. The van der Waals surface area contributed by atoms with Gasteiger partial charge in [-0.2, -0.15) is 5.10 Å². The van der Waals surface area contributed by atoms with Crippen molar-refractivity contribution in [3.05, 3.63) is 64.2 Å². The van der Waals surface area contributed by atoms with Crippen LogP contribution in [0.25, 0.3) is 0 Å². The molecule has 0 spiro atoms. The highest BCUT2D eigenvalue weighted by Crippen LogP contribution is 2.13. The molecule has 118 valence electrons. The number of nitrogens with one attached hydrogen (secondary N) is 2. The van der Waals surface area contributed by atoms with Gasteiger partial charge in [-0.25, -0.2) is 5.43 Å². The van der Waals surface area contributed by atoms with Crippen molar-refractivity contribution in [3.8, 4) is 0 Å². The maximum Gasteiger partial charge on any atom is 0.329 e. The topological polar surface area (TPSA) is 70.6 Å².